The van der Waals surface area contributed by atoms with Crippen LogP contribution < -0.4 is 10.6 Å². The molecule has 0 spiro atoms. The van der Waals surface area contributed by atoms with Crippen molar-refractivity contribution in [3.63, 3.8) is 0 Å². The zero-order chi connectivity index (χ0) is 21.0. The van der Waals surface area contributed by atoms with Crippen LogP contribution >= 0.6 is 11.6 Å². The molecule has 0 unspecified atom stereocenters. The van der Waals surface area contributed by atoms with E-state index in [0.717, 1.165) is 0 Å². The molecule has 0 aliphatic heterocycles. The average molecular weight is 413 g/mol. The predicted octanol–water partition coefficient (Wildman–Crippen LogP) is 3.24. The van der Waals surface area contributed by atoms with Gasteiger partial charge in [0.25, 0.3) is 0 Å². The van der Waals surface area contributed by atoms with Gasteiger partial charge in [0, 0.05) is 12.7 Å². The summed E-state index contributed by atoms with van der Waals surface area (Å²) in [6.07, 6.45) is 5.50. The molecule has 148 valence electrons. The first-order chi connectivity index (χ1) is 13.9. The molecular weight excluding hydrogens is 396 g/mol. The number of methoxy groups -OCH3 is 1. The van der Waals surface area contributed by atoms with Gasteiger partial charge < -0.3 is 15.4 Å². The highest BCUT2D eigenvalue weighted by Gasteiger charge is 2.20. The maximum absolute atomic E-state index is 12.5. The summed E-state index contributed by atoms with van der Waals surface area (Å²) < 4.78 is 5.35. The predicted molar refractivity (Wildman–Crippen MR) is 106 cm³/mol. The van der Waals surface area contributed by atoms with E-state index < -0.39 is 12.1 Å². The average Bonchev–Trinajstić information content (AvgIpc) is 3.23. The molecule has 2 amide bonds. The van der Waals surface area contributed by atoms with E-state index in [1.807, 2.05) is 0 Å². The number of nitriles is 1. The third kappa shape index (κ3) is 4.31. The highest BCUT2D eigenvalue weighted by Crippen LogP contribution is 2.29. The standard InChI is InChI=1S/C18H17ClN8O2/c1-10-13(7-20)16(11(2)29-3)15(9-21-10)26-18(28)25-12-6-14(19)17(22-8-12)27-23-4-5-24-27/h4-6,8-9,11H,1-3H3,(H2,25,26,28)/t11-/m0/s1. The number of aryl methyl sites for hydroxylation is 1. The molecule has 0 aliphatic rings. The summed E-state index contributed by atoms with van der Waals surface area (Å²) in [6, 6.07) is 3.09. The molecular formula is C18H17ClN8O2. The lowest BCUT2D eigenvalue weighted by atomic mass is 10.0. The molecule has 0 saturated carbocycles. The van der Waals surface area contributed by atoms with Gasteiger partial charge in [0.05, 0.1) is 58.5 Å². The van der Waals surface area contributed by atoms with Crippen molar-refractivity contribution in [1.82, 2.24) is 25.0 Å². The van der Waals surface area contributed by atoms with Gasteiger partial charge in [-0.1, -0.05) is 11.6 Å². The number of nitrogens with zero attached hydrogens (tertiary/aromatic N) is 6. The van der Waals surface area contributed by atoms with Crippen molar-refractivity contribution in [1.29, 1.82) is 5.26 Å². The van der Waals surface area contributed by atoms with Gasteiger partial charge in [-0.2, -0.15) is 15.5 Å². The summed E-state index contributed by atoms with van der Waals surface area (Å²) in [6.45, 7) is 3.50. The van der Waals surface area contributed by atoms with Gasteiger partial charge in [-0.15, -0.1) is 4.80 Å². The monoisotopic (exact) mass is 412 g/mol. The van der Waals surface area contributed by atoms with Crippen molar-refractivity contribution in [3.8, 4) is 11.9 Å². The van der Waals surface area contributed by atoms with Gasteiger partial charge in [0.1, 0.15) is 6.07 Å². The van der Waals surface area contributed by atoms with Crippen LogP contribution in [0.2, 0.25) is 5.02 Å². The lowest BCUT2D eigenvalue weighted by Gasteiger charge is -2.18. The number of nitrogens with one attached hydrogen (secondary N) is 2. The Morgan fingerprint density at radius 1 is 1.28 bits per heavy atom. The molecule has 3 aromatic heterocycles. The fourth-order valence-corrected chi connectivity index (χ4v) is 2.90. The summed E-state index contributed by atoms with van der Waals surface area (Å²) in [7, 11) is 1.52. The molecule has 0 aromatic carbocycles. The molecule has 10 nitrogen and oxygen atoms in total. The maximum atomic E-state index is 12.5. The molecule has 0 saturated heterocycles. The maximum Gasteiger partial charge on any atom is 0.323 e. The van der Waals surface area contributed by atoms with Gasteiger partial charge in [0.15, 0.2) is 5.82 Å². The van der Waals surface area contributed by atoms with Gasteiger partial charge in [-0.25, -0.2) is 9.78 Å². The second-order valence-corrected chi connectivity index (χ2v) is 6.37. The molecule has 29 heavy (non-hydrogen) atoms. The lowest BCUT2D eigenvalue weighted by Crippen LogP contribution is -2.22. The minimum atomic E-state index is -0.549. The molecule has 0 bridgehead atoms. The first-order valence-corrected chi connectivity index (χ1v) is 8.85. The first-order valence-electron chi connectivity index (χ1n) is 8.47. The Kier molecular flexibility index (Phi) is 6.01. The molecule has 11 heteroatoms. The molecule has 2 N–H and O–H groups in total. The number of ether oxygens (including phenoxy) is 1. The van der Waals surface area contributed by atoms with E-state index in [1.54, 1.807) is 13.8 Å². The topological polar surface area (TPSA) is 131 Å². The SMILES string of the molecule is CO[C@@H](C)c1c(NC(=O)Nc2cnc(-n3nccn3)c(Cl)c2)cnc(C)c1C#N. The number of urea groups is 1. The molecule has 0 fully saturated rings. The molecule has 3 heterocycles. The number of carbonyl (C=O) groups excluding carboxylic acids is 1. The third-order valence-corrected chi connectivity index (χ3v) is 4.39. The molecule has 3 rings (SSSR count). The van der Waals surface area contributed by atoms with Crippen LogP contribution in [-0.4, -0.2) is 38.1 Å². The van der Waals surface area contributed by atoms with Crippen LogP contribution in [0.1, 0.15) is 29.8 Å². The lowest BCUT2D eigenvalue weighted by molar-refractivity contribution is 0.120. The second-order valence-electron chi connectivity index (χ2n) is 5.96. The Morgan fingerprint density at radius 3 is 2.62 bits per heavy atom. The van der Waals surface area contributed by atoms with Crippen molar-refractivity contribution in [3.05, 3.63) is 52.7 Å². The molecule has 3 aromatic rings. The number of halogens is 1. The molecule has 0 aliphatic carbocycles. The van der Waals surface area contributed by atoms with Crippen LogP contribution in [0, 0.1) is 18.3 Å². The van der Waals surface area contributed by atoms with Crippen LogP contribution in [0.4, 0.5) is 16.2 Å². The second kappa shape index (κ2) is 8.64. The van der Waals surface area contributed by atoms with Crippen molar-refractivity contribution in [2.45, 2.75) is 20.0 Å². The smallest absolute Gasteiger partial charge is 0.323 e. The Morgan fingerprint density at radius 2 is 2.00 bits per heavy atom. The number of anilines is 2. The summed E-state index contributed by atoms with van der Waals surface area (Å²) >= 11 is 6.21. The van der Waals surface area contributed by atoms with E-state index in [1.165, 1.54) is 42.8 Å². The number of amides is 2. The van der Waals surface area contributed by atoms with Crippen LogP contribution in [-0.2, 0) is 4.74 Å². The van der Waals surface area contributed by atoms with Crippen LogP contribution in [0.25, 0.3) is 5.82 Å². The summed E-state index contributed by atoms with van der Waals surface area (Å²) in [5.41, 5.74) is 2.20. The Hall–Kier alpha value is -3.55. The van der Waals surface area contributed by atoms with E-state index in [2.05, 4.69) is 36.9 Å². The fourth-order valence-electron chi connectivity index (χ4n) is 2.66. The number of hydrogen-bond acceptors (Lipinski definition) is 7. The highest BCUT2D eigenvalue weighted by atomic mass is 35.5. The van der Waals surface area contributed by atoms with Gasteiger partial charge in [-0.05, 0) is 19.9 Å². The third-order valence-electron chi connectivity index (χ3n) is 4.12. The summed E-state index contributed by atoms with van der Waals surface area (Å²) in [5.74, 6) is 0.334. The quantitative estimate of drug-likeness (QED) is 0.657. The van der Waals surface area contributed by atoms with Gasteiger partial charge in [-0.3, -0.25) is 4.98 Å². The van der Waals surface area contributed by atoms with Crippen LogP contribution in [0.15, 0.2) is 30.9 Å². The van der Waals surface area contributed by atoms with E-state index in [4.69, 9.17) is 16.3 Å². The van der Waals surface area contributed by atoms with E-state index in [-0.39, 0.29) is 5.02 Å². The number of aromatic nitrogens is 5. The molecule has 1 atom stereocenters. The zero-order valence-electron chi connectivity index (χ0n) is 15.8. The first kappa shape index (κ1) is 20.2. The number of hydrogen-bond donors (Lipinski definition) is 2. The van der Waals surface area contributed by atoms with E-state index in [9.17, 15) is 10.1 Å². The van der Waals surface area contributed by atoms with E-state index >= 15 is 0 Å². The number of carbonyl (C=O) groups is 1. The normalized spacial score (nSPS) is 11.6. The van der Waals surface area contributed by atoms with Crippen molar-refractivity contribution >= 4 is 29.0 Å². The van der Waals surface area contributed by atoms with Gasteiger partial charge in [0.2, 0.25) is 0 Å². The zero-order valence-corrected chi connectivity index (χ0v) is 16.6. The van der Waals surface area contributed by atoms with Crippen LogP contribution in [0.5, 0.6) is 0 Å². The Balaban J connectivity index is 1.81. The van der Waals surface area contributed by atoms with Gasteiger partial charge >= 0.3 is 6.03 Å². The minimum absolute atomic E-state index is 0.261. The summed E-state index contributed by atoms with van der Waals surface area (Å²) in [4.78, 5) is 22.1. The Bertz CT molecular complexity index is 1080. The largest absolute Gasteiger partial charge is 0.377 e. The Labute approximate surface area is 171 Å². The number of pyridine rings is 2. The minimum Gasteiger partial charge on any atom is -0.377 e. The highest BCUT2D eigenvalue weighted by molar-refractivity contribution is 6.32. The van der Waals surface area contributed by atoms with Crippen molar-refractivity contribution < 1.29 is 9.53 Å². The van der Waals surface area contributed by atoms with Crippen molar-refractivity contribution in [2.75, 3.05) is 17.7 Å². The van der Waals surface area contributed by atoms with E-state index in [0.29, 0.717) is 34.0 Å². The number of rotatable bonds is 5. The van der Waals surface area contributed by atoms with Crippen molar-refractivity contribution in [2.24, 2.45) is 0 Å². The fraction of sp³-hybridized carbons (Fsp3) is 0.222. The summed E-state index contributed by atoms with van der Waals surface area (Å²) in [5, 5.41) is 23.0. The van der Waals surface area contributed by atoms with Crippen LogP contribution in [0.3, 0.4) is 0 Å². The molecule has 0 radical (unpaired) electrons.